The Bertz CT molecular complexity index is 745. The van der Waals surface area contributed by atoms with Crippen LogP contribution in [0.1, 0.15) is 21.1 Å². The van der Waals surface area contributed by atoms with Gasteiger partial charge in [-0.2, -0.15) is 11.8 Å². The molecule has 140 valence electrons. The number of amides is 2. The van der Waals surface area contributed by atoms with Gasteiger partial charge in [0.2, 0.25) is 5.91 Å². The number of carbonyl (C=O) groups excluding carboxylic acids is 2. The van der Waals surface area contributed by atoms with E-state index in [9.17, 15) is 9.59 Å². The first-order valence-electron chi connectivity index (χ1n) is 8.06. The zero-order chi connectivity index (χ0) is 17.6. The Morgan fingerprint density at radius 3 is 2.50 bits per heavy atom. The second kappa shape index (κ2) is 9.91. The maximum absolute atomic E-state index is 12.3. The lowest BCUT2D eigenvalue weighted by molar-refractivity contribution is -0.130. The van der Waals surface area contributed by atoms with Gasteiger partial charge in [-0.05, 0) is 17.7 Å². The average molecular weight is 413 g/mol. The Morgan fingerprint density at radius 2 is 1.88 bits per heavy atom. The Kier molecular flexibility index (Phi) is 7.89. The van der Waals surface area contributed by atoms with Crippen LogP contribution in [-0.4, -0.2) is 46.3 Å². The number of benzene rings is 1. The van der Waals surface area contributed by atoms with E-state index in [1.165, 1.54) is 11.3 Å². The standard InChI is InChI=1S/C17H20N4O2S2.ClH/c18-10-15-20-14(11-25-15)17(23)19-13-3-1-12(2-4-13)9-16(22)21-5-7-24-8-6-21;/h1-4,11H,5-10,18H2,(H,19,23);1H. The average Bonchev–Trinajstić information content (AvgIpc) is 3.13. The minimum absolute atomic E-state index is 0. The summed E-state index contributed by atoms with van der Waals surface area (Å²) in [6, 6.07) is 7.36. The zero-order valence-corrected chi connectivity index (χ0v) is 16.6. The minimum Gasteiger partial charge on any atom is -0.341 e. The van der Waals surface area contributed by atoms with Crippen LogP contribution in [0.2, 0.25) is 0 Å². The summed E-state index contributed by atoms with van der Waals surface area (Å²) in [5, 5.41) is 5.23. The second-order valence-electron chi connectivity index (χ2n) is 5.65. The van der Waals surface area contributed by atoms with Crippen molar-refractivity contribution >= 4 is 53.0 Å². The molecule has 3 N–H and O–H groups in total. The van der Waals surface area contributed by atoms with Crippen molar-refractivity contribution < 1.29 is 9.59 Å². The molecule has 3 rings (SSSR count). The van der Waals surface area contributed by atoms with E-state index in [1.54, 1.807) is 5.38 Å². The number of hydrogen-bond donors (Lipinski definition) is 2. The first kappa shape index (κ1) is 20.7. The molecule has 6 nitrogen and oxygen atoms in total. The summed E-state index contributed by atoms with van der Waals surface area (Å²) in [7, 11) is 0. The number of nitrogens with two attached hydrogens (primary N) is 1. The normalized spacial score (nSPS) is 13.8. The number of nitrogens with one attached hydrogen (secondary N) is 1. The molecule has 0 atom stereocenters. The van der Waals surface area contributed by atoms with Crippen LogP contribution in [0.4, 0.5) is 5.69 Å². The summed E-state index contributed by atoms with van der Waals surface area (Å²) in [5.74, 6) is 1.93. The molecule has 1 saturated heterocycles. The fourth-order valence-electron chi connectivity index (χ4n) is 2.51. The molecule has 2 aromatic rings. The van der Waals surface area contributed by atoms with E-state index in [0.717, 1.165) is 35.2 Å². The summed E-state index contributed by atoms with van der Waals surface area (Å²) in [4.78, 5) is 30.5. The van der Waals surface area contributed by atoms with E-state index in [2.05, 4.69) is 10.3 Å². The third kappa shape index (κ3) is 5.44. The van der Waals surface area contributed by atoms with Crippen molar-refractivity contribution in [3.8, 4) is 0 Å². The fourth-order valence-corrected chi connectivity index (χ4v) is 4.07. The Hall–Kier alpha value is -1.61. The largest absolute Gasteiger partial charge is 0.341 e. The molecule has 0 radical (unpaired) electrons. The van der Waals surface area contributed by atoms with Crippen LogP contribution in [0.5, 0.6) is 0 Å². The topological polar surface area (TPSA) is 88.3 Å². The van der Waals surface area contributed by atoms with Crippen molar-refractivity contribution in [3.05, 3.63) is 45.9 Å². The fraction of sp³-hybridized carbons (Fsp3) is 0.353. The molecule has 2 heterocycles. The predicted octanol–water partition coefficient (Wildman–Crippen LogP) is 2.39. The van der Waals surface area contributed by atoms with Gasteiger partial charge in [-0.3, -0.25) is 9.59 Å². The van der Waals surface area contributed by atoms with Crippen LogP contribution < -0.4 is 11.1 Å². The van der Waals surface area contributed by atoms with E-state index in [4.69, 9.17) is 5.73 Å². The molecule has 0 aliphatic carbocycles. The van der Waals surface area contributed by atoms with Gasteiger partial charge in [0.1, 0.15) is 10.7 Å². The minimum atomic E-state index is -0.259. The van der Waals surface area contributed by atoms with Gasteiger partial charge in [0.25, 0.3) is 5.91 Å². The molecule has 1 aliphatic heterocycles. The number of thioether (sulfide) groups is 1. The van der Waals surface area contributed by atoms with E-state index >= 15 is 0 Å². The van der Waals surface area contributed by atoms with Crippen molar-refractivity contribution in [2.45, 2.75) is 13.0 Å². The lowest BCUT2D eigenvalue weighted by Crippen LogP contribution is -2.38. The zero-order valence-electron chi connectivity index (χ0n) is 14.1. The summed E-state index contributed by atoms with van der Waals surface area (Å²) in [6.45, 7) is 1.99. The third-order valence-corrected chi connectivity index (χ3v) is 5.70. The smallest absolute Gasteiger partial charge is 0.275 e. The lowest BCUT2D eigenvalue weighted by atomic mass is 10.1. The number of carbonyl (C=O) groups is 2. The first-order valence-corrected chi connectivity index (χ1v) is 10.1. The Morgan fingerprint density at radius 1 is 1.19 bits per heavy atom. The summed E-state index contributed by atoms with van der Waals surface area (Å²) < 4.78 is 0. The number of aromatic nitrogens is 1. The molecule has 1 aromatic heterocycles. The summed E-state index contributed by atoms with van der Waals surface area (Å²) >= 11 is 3.26. The predicted molar refractivity (Wildman–Crippen MR) is 109 cm³/mol. The molecule has 0 spiro atoms. The highest BCUT2D eigenvalue weighted by Gasteiger charge is 2.17. The molecule has 0 unspecified atom stereocenters. The van der Waals surface area contributed by atoms with E-state index in [1.807, 2.05) is 40.9 Å². The number of anilines is 1. The van der Waals surface area contributed by atoms with Crippen molar-refractivity contribution in [1.29, 1.82) is 0 Å². The third-order valence-electron chi connectivity index (χ3n) is 3.89. The highest BCUT2D eigenvalue weighted by molar-refractivity contribution is 7.99. The van der Waals surface area contributed by atoms with E-state index < -0.39 is 0 Å². The first-order chi connectivity index (χ1) is 12.2. The van der Waals surface area contributed by atoms with Crippen molar-refractivity contribution in [1.82, 2.24) is 9.88 Å². The van der Waals surface area contributed by atoms with Gasteiger partial charge < -0.3 is 16.0 Å². The van der Waals surface area contributed by atoms with Crippen LogP contribution in [0.15, 0.2) is 29.6 Å². The van der Waals surface area contributed by atoms with Gasteiger partial charge in [0.15, 0.2) is 0 Å². The van der Waals surface area contributed by atoms with Gasteiger partial charge in [-0.25, -0.2) is 4.98 Å². The molecule has 9 heteroatoms. The molecular formula is C17H21ClN4O2S2. The van der Waals surface area contributed by atoms with Gasteiger partial charge in [0, 0.05) is 42.2 Å². The Balaban J connectivity index is 0.00000243. The molecular weight excluding hydrogens is 392 g/mol. The Labute approximate surface area is 167 Å². The van der Waals surface area contributed by atoms with Crippen molar-refractivity contribution in [3.63, 3.8) is 0 Å². The van der Waals surface area contributed by atoms with Gasteiger partial charge >= 0.3 is 0 Å². The van der Waals surface area contributed by atoms with E-state index in [0.29, 0.717) is 24.3 Å². The van der Waals surface area contributed by atoms with E-state index in [-0.39, 0.29) is 24.2 Å². The number of rotatable bonds is 5. The molecule has 2 amide bonds. The molecule has 0 saturated carbocycles. The number of nitrogens with zero attached hydrogens (tertiary/aromatic N) is 2. The lowest BCUT2D eigenvalue weighted by Gasteiger charge is -2.26. The van der Waals surface area contributed by atoms with Crippen molar-refractivity contribution in [2.24, 2.45) is 5.73 Å². The molecule has 1 fully saturated rings. The van der Waals surface area contributed by atoms with Gasteiger partial charge in [-0.1, -0.05) is 12.1 Å². The molecule has 1 aromatic carbocycles. The highest BCUT2D eigenvalue weighted by atomic mass is 35.5. The molecule has 0 bridgehead atoms. The van der Waals surface area contributed by atoms with Crippen molar-refractivity contribution in [2.75, 3.05) is 29.9 Å². The van der Waals surface area contributed by atoms with Crippen LogP contribution in [0.3, 0.4) is 0 Å². The number of halogens is 1. The number of thiazole rings is 1. The van der Waals surface area contributed by atoms with Crippen LogP contribution in [0.25, 0.3) is 0 Å². The van der Waals surface area contributed by atoms with Crippen LogP contribution in [-0.2, 0) is 17.8 Å². The molecule has 1 aliphatic rings. The maximum Gasteiger partial charge on any atom is 0.275 e. The summed E-state index contributed by atoms with van der Waals surface area (Å²) in [6.07, 6.45) is 0.394. The number of hydrogen-bond acceptors (Lipinski definition) is 6. The van der Waals surface area contributed by atoms with Crippen LogP contribution >= 0.6 is 35.5 Å². The second-order valence-corrected chi connectivity index (χ2v) is 7.82. The summed E-state index contributed by atoms with van der Waals surface area (Å²) in [5.41, 5.74) is 7.50. The molecule has 26 heavy (non-hydrogen) atoms. The highest BCUT2D eigenvalue weighted by Crippen LogP contribution is 2.15. The SMILES string of the molecule is Cl.NCc1nc(C(=O)Nc2ccc(CC(=O)N3CCSCC3)cc2)cs1. The van der Waals surface area contributed by atoms with Crippen LogP contribution in [0, 0.1) is 0 Å². The van der Waals surface area contributed by atoms with Gasteiger partial charge in [0.05, 0.1) is 6.42 Å². The quantitative estimate of drug-likeness (QED) is 0.787. The maximum atomic E-state index is 12.3. The monoisotopic (exact) mass is 412 g/mol. The van der Waals surface area contributed by atoms with Gasteiger partial charge in [-0.15, -0.1) is 23.7 Å².